The summed E-state index contributed by atoms with van der Waals surface area (Å²) in [6.07, 6.45) is 5.07. The highest BCUT2D eigenvalue weighted by Crippen LogP contribution is 2.26. The Morgan fingerprint density at radius 3 is 2.69 bits per heavy atom. The molecule has 32 heavy (non-hydrogen) atoms. The first-order valence-electron chi connectivity index (χ1n) is 10.3. The van der Waals surface area contributed by atoms with E-state index in [4.69, 9.17) is 16.3 Å². The molecule has 2 aromatic heterocycles. The number of anilines is 1. The Labute approximate surface area is 191 Å². The number of nitrogens with zero attached hydrogens (tertiary/aromatic N) is 3. The smallest absolute Gasteiger partial charge is 0.259 e. The third kappa shape index (κ3) is 4.98. The first kappa shape index (κ1) is 21.6. The molecule has 0 spiro atoms. The highest BCUT2D eigenvalue weighted by molar-refractivity contribution is 6.30. The second-order valence-corrected chi connectivity index (χ2v) is 8.06. The zero-order valence-electron chi connectivity index (χ0n) is 17.8. The molecule has 4 aromatic rings. The molecule has 0 saturated carbocycles. The third-order valence-electron chi connectivity index (χ3n) is 4.87. The van der Waals surface area contributed by atoms with Crippen molar-refractivity contribution >= 4 is 23.2 Å². The number of pyridine rings is 1. The number of hydrogen-bond donors (Lipinski definition) is 1. The number of ether oxygens (including phenoxy) is 1. The molecule has 0 saturated heterocycles. The lowest BCUT2D eigenvalue weighted by atomic mass is 10.0. The fraction of sp³-hybridized carbons (Fsp3) is 0.160. The van der Waals surface area contributed by atoms with Crippen molar-refractivity contribution in [2.75, 3.05) is 5.32 Å². The highest BCUT2D eigenvalue weighted by atomic mass is 35.5. The number of rotatable bonds is 7. The molecule has 1 N–H and O–H groups in total. The van der Waals surface area contributed by atoms with Crippen molar-refractivity contribution in [2.45, 2.75) is 26.4 Å². The summed E-state index contributed by atoms with van der Waals surface area (Å²) in [6.45, 7) is 4.46. The fourth-order valence-corrected chi connectivity index (χ4v) is 3.60. The summed E-state index contributed by atoms with van der Waals surface area (Å²) in [7, 11) is 0. The summed E-state index contributed by atoms with van der Waals surface area (Å²) in [4.78, 5) is 17.2. The van der Waals surface area contributed by atoms with Crippen LogP contribution in [-0.2, 0) is 6.61 Å². The molecule has 1 amide bonds. The van der Waals surface area contributed by atoms with E-state index < -0.39 is 0 Å². The topological polar surface area (TPSA) is 69.0 Å². The van der Waals surface area contributed by atoms with E-state index >= 15 is 0 Å². The van der Waals surface area contributed by atoms with Crippen LogP contribution in [0.15, 0.2) is 79.3 Å². The van der Waals surface area contributed by atoms with Crippen LogP contribution in [0.3, 0.4) is 0 Å². The number of nitrogens with one attached hydrogen (secondary N) is 1. The number of carbonyl (C=O) groups excluding carboxylic acids is 1. The lowest BCUT2D eigenvalue weighted by Crippen LogP contribution is -2.15. The van der Waals surface area contributed by atoms with Crippen LogP contribution in [0.4, 0.5) is 5.69 Å². The molecule has 6 nitrogen and oxygen atoms in total. The molecular formula is C25H23ClN4O2. The van der Waals surface area contributed by atoms with Crippen molar-refractivity contribution in [3.05, 3.63) is 101 Å². The molecule has 162 valence electrons. The van der Waals surface area contributed by atoms with Gasteiger partial charge in [0.25, 0.3) is 5.91 Å². The number of amides is 1. The second kappa shape index (κ2) is 9.66. The number of aromatic nitrogens is 3. The van der Waals surface area contributed by atoms with Gasteiger partial charge in [-0.1, -0.05) is 43.6 Å². The Kier molecular flexibility index (Phi) is 6.52. The van der Waals surface area contributed by atoms with Crippen molar-refractivity contribution in [3.8, 4) is 11.4 Å². The van der Waals surface area contributed by atoms with E-state index in [0.717, 1.165) is 16.9 Å². The molecule has 7 heteroatoms. The van der Waals surface area contributed by atoms with Crippen molar-refractivity contribution in [3.63, 3.8) is 0 Å². The first-order chi connectivity index (χ1) is 15.5. The van der Waals surface area contributed by atoms with Gasteiger partial charge in [0.05, 0.1) is 23.1 Å². The second-order valence-electron chi connectivity index (χ2n) is 7.62. The number of halogens is 1. The van der Waals surface area contributed by atoms with Gasteiger partial charge in [-0.2, -0.15) is 5.10 Å². The quantitative estimate of drug-likeness (QED) is 0.385. The van der Waals surface area contributed by atoms with Gasteiger partial charge in [0.1, 0.15) is 12.4 Å². The maximum Gasteiger partial charge on any atom is 0.259 e. The molecule has 0 bridgehead atoms. The van der Waals surface area contributed by atoms with Crippen molar-refractivity contribution in [1.29, 1.82) is 0 Å². The monoisotopic (exact) mass is 446 g/mol. The normalized spacial score (nSPS) is 10.9. The zero-order valence-corrected chi connectivity index (χ0v) is 18.6. The number of carbonyl (C=O) groups is 1. The van der Waals surface area contributed by atoms with E-state index in [2.05, 4.69) is 15.4 Å². The SMILES string of the molecule is CC(C)c1c(C(=O)Nc2cccc(OCc3cccnc3)c2)cnn1-c1cccc(Cl)c1. The van der Waals surface area contributed by atoms with E-state index in [1.54, 1.807) is 35.4 Å². The predicted octanol–water partition coefficient (Wildman–Crippen LogP) is 5.88. The van der Waals surface area contributed by atoms with Crippen LogP contribution in [0.5, 0.6) is 5.75 Å². The van der Waals surface area contributed by atoms with Crippen molar-refractivity contribution < 1.29 is 9.53 Å². The van der Waals surface area contributed by atoms with E-state index in [1.807, 2.05) is 62.4 Å². The Morgan fingerprint density at radius 2 is 1.94 bits per heavy atom. The summed E-state index contributed by atoms with van der Waals surface area (Å²) in [5.41, 5.74) is 3.75. The Balaban J connectivity index is 1.53. The molecular weight excluding hydrogens is 424 g/mol. The van der Waals surface area contributed by atoms with Gasteiger partial charge < -0.3 is 10.1 Å². The number of hydrogen-bond acceptors (Lipinski definition) is 4. The minimum absolute atomic E-state index is 0.0754. The van der Waals surface area contributed by atoms with E-state index in [0.29, 0.717) is 28.6 Å². The van der Waals surface area contributed by atoms with E-state index in [1.165, 1.54) is 0 Å². The van der Waals surface area contributed by atoms with Crippen LogP contribution < -0.4 is 10.1 Å². The molecule has 0 unspecified atom stereocenters. The summed E-state index contributed by atoms with van der Waals surface area (Å²) in [6, 6.07) is 18.5. The predicted molar refractivity (Wildman–Crippen MR) is 126 cm³/mol. The molecule has 0 radical (unpaired) electrons. The van der Waals surface area contributed by atoms with Crippen LogP contribution in [0, 0.1) is 0 Å². The molecule has 0 aliphatic heterocycles. The van der Waals surface area contributed by atoms with Gasteiger partial charge in [-0.15, -0.1) is 0 Å². The first-order valence-corrected chi connectivity index (χ1v) is 10.7. The van der Waals surface area contributed by atoms with Crippen LogP contribution >= 0.6 is 11.6 Å². The van der Waals surface area contributed by atoms with Crippen LogP contribution in [0.25, 0.3) is 5.69 Å². The third-order valence-corrected chi connectivity index (χ3v) is 5.11. The molecule has 0 aliphatic carbocycles. The molecule has 2 heterocycles. The van der Waals surface area contributed by atoms with Crippen LogP contribution in [0.2, 0.25) is 5.02 Å². The number of benzene rings is 2. The lowest BCUT2D eigenvalue weighted by Gasteiger charge is -2.13. The van der Waals surface area contributed by atoms with Gasteiger partial charge in [-0.05, 0) is 42.3 Å². The largest absolute Gasteiger partial charge is 0.489 e. The van der Waals surface area contributed by atoms with Gasteiger partial charge in [0, 0.05) is 34.7 Å². The summed E-state index contributed by atoms with van der Waals surface area (Å²) >= 11 is 6.15. The minimum Gasteiger partial charge on any atom is -0.489 e. The lowest BCUT2D eigenvalue weighted by molar-refractivity contribution is 0.102. The Bertz CT molecular complexity index is 1220. The average Bonchev–Trinajstić information content (AvgIpc) is 3.25. The maximum absolute atomic E-state index is 13.1. The van der Waals surface area contributed by atoms with Gasteiger partial charge in [0.2, 0.25) is 0 Å². The summed E-state index contributed by atoms with van der Waals surface area (Å²) < 4.78 is 7.60. The summed E-state index contributed by atoms with van der Waals surface area (Å²) in [5.74, 6) is 0.503. The molecule has 0 atom stereocenters. The van der Waals surface area contributed by atoms with Gasteiger partial charge >= 0.3 is 0 Å². The molecule has 4 rings (SSSR count). The fourth-order valence-electron chi connectivity index (χ4n) is 3.41. The van der Waals surface area contributed by atoms with Crippen molar-refractivity contribution in [2.24, 2.45) is 0 Å². The van der Waals surface area contributed by atoms with Gasteiger partial charge in [0.15, 0.2) is 0 Å². The maximum atomic E-state index is 13.1. The molecule has 0 fully saturated rings. The molecule has 2 aromatic carbocycles. The Morgan fingerprint density at radius 1 is 1.09 bits per heavy atom. The van der Waals surface area contributed by atoms with Crippen LogP contribution in [0.1, 0.15) is 41.4 Å². The van der Waals surface area contributed by atoms with E-state index in [9.17, 15) is 4.79 Å². The zero-order chi connectivity index (χ0) is 22.5. The van der Waals surface area contributed by atoms with Gasteiger partial charge in [-0.25, -0.2) is 4.68 Å². The summed E-state index contributed by atoms with van der Waals surface area (Å²) in [5, 5.41) is 8.03. The van der Waals surface area contributed by atoms with Crippen molar-refractivity contribution in [1.82, 2.24) is 14.8 Å². The highest BCUT2D eigenvalue weighted by Gasteiger charge is 2.21. The Hall–Kier alpha value is -3.64. The van der Waals surface area contributed by atoms with E-state index in [-0.39, 0.29) is 11.8 Å². The molecule has 0 aliphatic rings. The standard InChI is InChI=1S/C25H23ClN4O2/c1-17(2)24-23(15-28-30(24)21-9-3-7-19(26)12-21)25(31)29-20-8-4-10-22(13-20)32-16-18-6-5-11-27-14-18/h3-15,17H,16H2,1-2H3,(H,29,31). The minimum atomic E-state index is -0.230. The van der Waals surface area contributed by atoms with Crippen LogP contribution in [-0.4, -0.2) is 20.7 Å². The average molecular weight is 447 g/mol. The van der Waals surface area contributed by atoms with Gasteiger partial charge in [-0.3, -0.25) is 9.78 Å².